The first-order valence-corrected chi connectivity index (χ1v) is 6.68. The summed E-state index contributed by atoms with van der Waals surface area (Å²) < 4.78 is 5.40. The highest BCUT2D eigenvalue weighted by Crippen LogP contribution is 2.38. The van der Waals surface area contributed by atoms with Crippen molar-refractivity contribution in [3.8, 4) is 5.75 Å². The topological polar surface area (TPSA) is 37.0 Å². The van der Waals surface area contributed by atoms with Crippen LogP contribution in [-0.4, -0.2) is 18.6 Å². The zero-order chi connectivity index (χ0) is 12.7. The van der Waals surface area contributed by atoms with Gasteiger partial charge in [-0.05, 0) is 44.0 Å². The van der Waals surface area contributed by atoms with Crippen LogP contribution in [0.3, 0.4) is 0 Å². The van der Waals surface area contributed by atoms with Crippen LogP contribution in [0.25, 0.3) is 10.9 Å². The molecule has 18 heavy (non-hydrogen) atoms. The van der Waals surface area contributed by atoms with E-state index in [1.54, 1.807) is 7.11 Å². The highest BCUT2D eigenvalue weighted by Gasteiger charge is 2.23. The Hall–Kier alpha value is -1.19. The summed E-state index contributed by atoms with van der Waals surface area (Å²) in [5.41, 5.74) is 3.48. The first-order valence-electron chi connectivity index (χ1n) is 6.30. The van der Waals surface area contributed by atoms with Crippen molar-refractivity contribution in [2.24, 2.45) is 0 Å². The maximum atomic E-state index is 6.32. The van der Waals surface area contributed by atoms with Crippen LogP contribution < -0.4 is 10.1 Å². The van der Waals surface area contributed by atoms with Crippen molar-refractivity contribution in [2.75, 3.05) is 13.7 Å². The smallest absolute Gasteiger partial charge is 0.143 e. The van der Waals surface area contributed by atoms with Crippen LogP contribution in [0.2, 0.25) is 5.02 Å². The van der Waals surface area contributed by atoms with Crippen molar-refractivity contribution in [3.63, 3.8) is 0 Å². The lowest BCUT2D eigenvalue weighted by atomic mass is 10.1. The van der Waals surface area contributed by atoms with Gasteiger partial charge in [-0.3, -0.25) is 0 Å². The fraction of sp³-hybridized carbons (Fsp3) is 0.429. The summed E-state index contributed by atoms with van der Waals surface area (Å²) in [4.78, 5) is 3.49. The molecule has 2 N–H and O–H groups in total. The fourth-order valence-corrected chi connectivity index (χ4v) is 3.16. The van der Waals surface area contributed by atoms with Crippen LogP contribution in [0, 0.1) is 6.92 Å². The molecule has 2 aromatic rings. The molecule has 1 aliphatic heterocycles. The molecule has 0 aliphatic carbocycles. The number of halogens is 1. The van der Waals surface area contributed by atoms with Gasteiger partial charge in [0.15, 0.2) is 0 Å². The molecule has 1 atom stereocenters. The van der Waals surface area contributed by atoms with Gasteiger partial charge in [0, 0.05) is 17.1 Å². The van der Waals surface area contributed by atoms with E-state index in [1.165, 1.54) is 24.1 Å². The summed E-state index contributed by atoms with van der Waals surface area (Å²) in [6.07, 6.45) is 2.40. The van der Waals surface area contributed by atoms with Gasteiger partial charge in [0.1, 0.15) is 5.75 Å². The number of benzene rings is 1. The Labute approximate surface area is 111 Å². The number of H-pyrrole nitrogens is 1. The molecule has 1 unspecified atom stereocenters. The van der Waals surface area contributed by atoms with Crippen LogP contribution in [0.15, 0.2) is 12.1 Å². The van der Waals surface area contributed by atoms with E-state index in [0.29, 0.717) is 6.04 Å². The van der Waals surface area contributed by atoms with E-state index < -0.39 is 0 Å². The third-order valence-corrected chi connectivity index (χ3v) is 4.10. The van der Waals surface area contributed by atoms with Gasteiger partial charge in [0.05, 0.1) is 17.6 Å². The highest BCUT2D eigenvalue weighted by molar-refractivity contribution is 6.36. The fourth-order valence-electron chi connectivity index (χ4n) is 2.86. The second kappa shape index (κ2) is 4.48. The predicted octanol–water partition coefficient (Wildman–Crippen LogP) is 3.56. The summed E-state index contributed by atoms with van der Waals surface area (Å²) in [7, 11) is 1.69. The molecule has 0 saturated carbocycles. The van der Waals surface area contributed by atoms with Gasteiger partial charge in [-0.2, -0.15) is 0 Å². The molecule has 3 rings (SSSR count). The number of nitrogens with one attached hydrogen (secondary N) is 2. The lowest BCUT2D eigenvalue weighted by molar-refractivity contribution is 0.419. The highest BCUT2D eigenvalue weighted by atomic mass is 35.5. The van der Waals surface area contributed by atoms with Crippen molar-refractivity contribution in [3.05, 3.63) is 28.4 Å². The molecule has 3 nitrogen and oxygen atoms in total. The number of rotatable bonds is 2. The van der Waals surface area contributed by atoms with E-state index in [1.807, 2.05) is 12.1 Å². The van der Waals surface area contributed by atoms with Crippen molar-refractivity contribution in [1.29, 1.82) is 0 Å². The SMILES string of the molecule is COc1ccc(Cl)c2c(C)c(C3CCCN3)[nH]c12. The van der Waals surface area contributed by atoms with Gasteiger partial charge in [-0.15, -0.1) is 0 Å². The first-order chi connectivity index (χ1) is 8.72. The Morgan fingerprint density at radius 1 is 1.39 bits per heavy atom. The number of aromatic nitrogens is 1. The lowest BCUT2D eigenvalue weighted by Gasteiger charge is -2.09. The van der Waals surface area contributed by atoms with Gasteiger partial charge in [-0.25, -0.2) is 0 Å². The quantitative estimate of drug-likeness (QED) is 0.870. The molecular formula is C14H17ClN2O. The Kier molecular flexibility index (Phi) is 2.96. The minimum atomic E-state index is 0.415. The average Bonchev–Trinajstić information content (AvgIpc) is 2.98. The summed E-state index contributed by atoms with van der Waals surface area (Å²) in [5, 5.41) is 5.38. The molecule has 1 aromatic heterocycles. The number of hydrogen-bond acceptors (Lipinski definition) is 2. The van der Waals surface area contributed by atoms with E-state index in [2.05, 4.69) is 17.2 Å². The molecule has 1 aliphatic rings. The van der Waals surface area contributed by atoms with Gasteiger partial charge in [0.2, 0.25) is 0 Å². The molecule has 1 aromatic carbocycles. The Balaban J connectivity index is 2.22. The van der Waals surface area contributed by atoms with Crippen molar-refractivity contribution in [1.82, 2.24) is 10.3 Å². The molecule has 1 saturated heterocycles. The molecule has 0 spiro atoms. The number of hydrogen-bond donors (Lipinski definition) is 2. The second-order valence-electron chi connectivity index (χ2n) is 4.81. The monoisotopic (exact) mass is 264 g/mol. The minimum Gasteiger partial charge on any atom is -0.495 e. The number of fused-ring (bicyclic) bond motifs is 1. The number of aromatic amines is 1. The summed E-state index contributed by atoms with van der Waals surface area (Å²) >= 11 is 6.32. The van der Waals surface area contributed by atoms with Gasteiger partial charge >= 0.3 is 0 Å². The maximum absolute atomic E-state index is 6.32. The van der Waals surface area contributed by atoms with Crippen LogP contribution in [0.4, 0.5) is 0 Å². The van der Waals surface area contributed by atoms with Gasteiger partial charge in [-0.1, -0.05) is 11.6 Å². The molecule has 0 radical (unpaired) electrons. The third kappa shape index (κ3) is 1.70. The van der Waals surface area contributed by atoms with Crippen molar-refractivity contribution < 1.29 is 4.74 Å². The van der Waals surface area contributed by atoms with Crippen LogP contribution >= 0.6 is 11.6 Å². The summed E-state index contributed by atoms with van der Waals surface area (Å²) in [6.45, 7) is 3.21. The Bertz CT molecular complexity index is 585. The largest absolute Gasteiger partial charge is 0.495 e. The maximum Gasteiger partial charge on any atom is 0.143 e. The third-order valence-electron chi connectivity index (χ3n) is 3.78. The summed E-state index contributed by atoms with van der Waals surface area (Å²) in [5.74, 6) is 0.849. The van der Waals surface area contributed by atoms with E-state index in [0.717, 1.165) is 28.2 Å². The first kappa shape index (κ1) is 11.9. The molecular weight excluding hydrogens is 248 g/mol. The molecule has 4 heteroatoms. The van der Waals surface area contributed by atoms with E-state index in [4.69, 9.17) is 16.3 Å². The van der Waals surface area contributed by atoms with Crippen LogP contribution in [-0.2, 0) is 0 Å². The van der Waals surface area contributed by atoms with Gasteiger partial charge in [0.25, 0.3) is 0 Å². The Morgan fingerprint density at radius 3 is 2.89 bits per heavy atom. The zero-order valence-corrected chi connectivity index (χ0v) is 11.4. The van der Waals surface area contributed by atoms with Crippen LogP contribution in [0.5, 0.6) is 5.75 Å². The average molecular weight is 265 g/mol. The van der Waals surface area contributed by atoms with Crippen molar-refractivity contribution >= 4 is 22.5 Å². The van der Waals surface area contributed by atoms with Crippen molar-refractivity contribution in [2.45, 2.75) is 25.8 Å². The lowest BCUT2D eigenvalue weighted by Crippen LogP contribution is -2.13. The van der Waals surface area contributed by atoms with E-state index in [9.17, 15) is 0 Å². The minimum absolute atomic E-state index is 0.415. The van der Waals surface area contributed by atoms with Crippen LogP contribution in [0.1, 0.15) is 30.1 Å². The standard InChI is InChI=1S/C14H17ClN2O/c1-8-12-9(15)5-6-11(18-2)14(12)17-13(8)10-4-3-7-16-10/h5-6,10,16-17H,3-4,7H2,1-2H3. The Morgan fingerprint density at radius 2 is 2.22 bits per heavy atom. The van der Waals surface area contributed by atoms with E-state index in [-0.39, 0.29) is 0 Å². The molecule has 96 valence electrons. The molecule has 2 heterocycles. The molecule has 0 amide bonds. The van der Waals surface area contributed by atoms with E-state index >= 15 is 0 Å². The number of ether oxygens (including phenoxy) is 1. The second-order valence-corrected chi connectivity index (χ2v) is 5.22. The zero-order valence-electron chi connectivity index (χ0n) is 10.6. The summed E-state index contributed by atoms with van der Waals surface area (Å²) in [6, 6.07) is 4.22. The normalized spacial score (nSPS) is 19.6. The van der Waals surface area contributed by atoms with Gasteiger partial charge < -0.3 is 15.0 Å². The number of aryl methyl sites for hydroxylation is 1. The number of methoxy groups -OCH3 is 1. The molecule has 1 fully saturated rings. The predicted molar refractivity (Wildman–Crippen MR) is 74.6 cm³/mol. The molecule has 0 bridgehead atoms.